The molecule has 0 amide bonds. The van der Waals surface area contributed by atoms with Crippen LogP contribution in [0, 0.1) is 0 Å². The fourth-order valence-electron chi connectivity index (χ4n) is 1.32. The van der Waals surface area contributed by atoms with Crippen LogP contribution >= 0.6 is 23.2 Å². The molecule has 0 fully saturated rings. The summed E-state index contributed by atoms with van der Waals surface area (Å²) in [6, 6.07) is 3.61. The van der Waals surface area contributed by atoms with Crippen LogP contribution in [0.5, 0.6) is 0 Å². The van der Waals surface area contributed by atoms with Crippen molar-refractivity contribution >= 4 is 29.0 Å². The van der Waals surface area contributed by atoms with E-state index in [0.29, 0.717) is 16.7 Å². The Hall–Kier alpha value is -0.600. The van der Waals surface area contributed by atoms with Crippen molar-refractivity contribution in [1.29, 1.82) is 0 Å². The van der Waals surface area contributed by atoms with E-state index in [0.717, 1.165) is 24.8 Å². The first kappa shape index (κ1) is 16.4. The number of hydrogen-bond acceptors (Lipinski definition) is 2. The highest BCUT2D eigenvalue weighted by Gasteiger charge is 2.02. The van der Waals surface area contributed by atoms with E-state index in [4.69, 9.17) is 23.2 Å². The molecule has 0 saturated carbocycles. The molecule has 1 heterocycles. The van der Waals surface area contributed by atoms with Crippen molar-refractivity contribution in [1.82, 2.24) is 4.98 Å². The summed E-state index contributed by atoms with van der Waals surface area (Å²) in [7, 11) is 0. The lowest BCUT2D eigenvalue weighted by Gasteiger charge is -2.03. The molecule has 0 N–H and O–H groups in total. The Morgan fingerprint density at radius 1 is 1.24 bits per heavy atom. The number of Topliss-reactive ketones (excluding diaryl/α,β-unsaturated/α-hetero) is 1. The van der Waals surface area contributed by atoms with E-state index < -0.39 is 0 Å². The molecular formula is C13H19Cl2NO. The number of pyridine rings is 1. The lowest BCUT2D eigenvalue weighted by atomic mass is 10.1. The van der Waals surface area contributed by atoms with E-state index in [1.807, 2.05) is 19.9 Å². The first-order valence-electron chi connectivity index (χ1n) is 5.90. The molecule has 1 rings (SSSR count). The highest BCUT2D eigenvalue weighted by atomic mass is 35.5. The zero-order valence-electron chi connectivity index (χ0n) is 10.6. The van der Waals surface area contributed by atoms with Gasteiger partial charge in [0.05, 0.1) is 0 Å². The molecule has 2 nitrogen and oxygen atoms in total. The number of halogens is 2. The van der Waals surface area contributed by atoms with Crippen LogP contribution in [0.2, 0.25) is 10.3 Å². The Balaban J connectivity index is 0.00000121. The molecule has 4 heteroatoms. The lowest BCUT2D eigenvalue weighted by molar-refractivity contribution is -0.117. The van der Waals surface area contributed by atoms with Gasteiger partial charge in [-0.3, -0.25) is 0 Å². The first-order valence-corrected chi connectivity index (χ1v) is 6.65. The van der Waals surface area contributed by atoms with Gasteiger partial charge in [0.2, 0.25) is 0 Å². The van der Waals surface area contributed by atoms with Gasteiger partial charge in [-0.2, -0.15) is 0 Å². The van der Waals surface area contributed by atoms with Gasteiger partial charge < -0.3 is 4.79 Å². The Kier molecular flexibility index (Phi) is 9.10. The van der Waals surface area contributed by atoms with Crippen LogP contribution < -0.4 is 0 Å². The fourth-order valence-corrected chi connectivity index (χ4v) is 1.76. The summed E-state index contributed by atoms with van der Waals surface area (Å²) in [6.07, 6.45) is 3.33. The molecule has 0 unspecified atom stereocenters. The van der Waals surface area contributed by atoms with Crippen LogP contribution in [-0.4, -0.2) is 10.8 Å². The molecule has 1 aromatic rings. The summed E-state index contributed by atoms with van der Waals surface area (Å²) >= 11 is 11.6. The summed E-state index contributed by atoms with van der Waals surface area (Å²) < 4.78 is 0. The predicted molar refractivity (Wildman–Crippen MR) is 73.8 cm³/mol. The van der Waals surface area contributed by atoms with Crippen molar-refractivity contribution < 1.29 is 4.79 Å². The van der Waals surface area contributed by atoms with Crippen molar-refractivity contribution in [2.24, 2.45) is 0 Å². The Morgan fingerprint density at radius 3 is 2.41 bits per heavy atom. The van der Waals surface area contributed by atoms with E-state index in [1.54, 1.807) is 13.0 Å². The van der Waals surface area contributed by atoms with E-state index in [1.165, 1.54) is 0 Å². The fraction of sp³-hybridized carbons (Fsp3) is 0.538. The predicted octanol–water partition coefficient (Wildman–Crippen LogP) is 4.72. The molecule has 1 aromatic heterocycles. The zero-order valence-corrected chi connectivity index (χ0v) is 12.1. The maximum atomic E-state index is 10.7. The van der Waals surface area contributed by atoms with Gasteiger partial charge in [0.25, 0.3) is 0 Å². The van der Waals surface area contributed by atoms with E-state index >= 15 is 0 Å². The first-order chi connectivity index (χ1) is 8.09. The second-order valence-corrected chi connectivity index (χ2v) is 4.24. The van der Waals surface area contributed by atoms with Crippen LogP contribution in [0.25, 0.3) is 0 Å². The molecule has 0 aliphatic carbocycles. The average Bonchev–Trinajstić information content (AvgIpc) is 2.29. The number of ketones is 1. The second kappa shape index (κ2) is 9.43. The molecule has 0 spiro atoms. The maximum absolute atomic E-state index is 10.7. The number of carbonyl (C=O) groups is 1. The zero-order chi connectivity index (χ0) is 13.3. The van der Waals surface area contributed by atoms with Crippen LogP contribution in [0.1, 0.15) is 45.6 Å². The smallest absolute Gasteiger partial charge is 0.134 e. The standard InChI is InChI=1S/C11H13Cl2NO.C2H6/c1-8(15)4-2-3-5-9-6-7-10(12)14-11(9)13;1-2/h6-7H,2-5H2,1H3;1-2H3. The molecule has 96 valence electrons. The van der Waals surface area contributed by atoms with Gasteiger partial charge in [-0.05, 0) is 37.8 Å². The molecule has 0 saturated heterocycles. The van der Waals surface area contributed by atoms with Gasteiger partial charge in [-0.25, -0.2) is 4.98 Å². The van der Waals surface area contributed by atoms with E-state index in [9.17, 15) is 4.79 Å². The number of hydrogen-bond donors (Lipinski definition) is 0. The third-order valence-electron chi connectivity index (χ3n) is 2.12. The van der Waals surface area contributed by atoms with Gasteiger partial charge in [-0.1, -0.05) is 43.1 Å². The Bertz CT molecular complexity index is 353. The van der Waals surface area contributed by atoms with E-state index in [-0.39, 0.29) is 5.78 Å². The van der Waals surface area contributed by atoms with Crippen LogP contribution in [0.4, 0.5) is 0 Å². The Morgan fingerprint density at radius 2 is 1.88 bits per heavy atom. The van der Waals surface area contributed by atoms with Crippen molar-refractivity contribution in [2.45, 2.75) is 46.5 Å². The largest absolute Gasteiger partial charge is 0.300 e. The normalized spacial score (nSPS) is 9.47. The number of carbonyl (C=O) groups excluding carboxylic acids is 1. The van der Waals surface area contributed by atoms with Crippen molar-refractivity contribution in [3.8, 4) is 0 Å². The topological polar surface area (TPSA) is 30.0 Å². The number of rotatable bonds is 5. The molecule has 0 bridgehead atoms. The van der Waals surface area contributed by atoms with Crippen molar-refractivity contribution in [2.75, 3.05) is 0 Å². The van der Waals surface area contributed by atoms with Gasteiger partial charge in [-0.15, -0.1) is 0 Å². The number of aromatic nitrogens is 1. The number of nitrogens with zero attached hydrogens (tertiary/aromatic N) is 1. The maximum Gasteiger partial charge on any atom is 0.134 e. The molecule has 0 aliphatic heterocycles. The van der Waals surface area contributed by atoms with Gasteiger partial charge in [0.1, 0.15) is 16.1 Å². The quantitative estimate of drug-likeness (QED) is 0.575. The minimum atomic E-state index is 0.232. The summed E-state index contributed by atoms with van der Waals surface area (Å²) in [5.41, 5.74) is 0.990. The summed E-state index contributed by atoms with van der Waals surface area (Å²) in [4.78, 5) is 14.7. The third-order valence-corrected chi connectivity index (χ3v) is 2.65. The van der Waals surface area contributed by atoms with Gasteiger partial charge in [0, 0.05) is 6.42 Å². The van der Waals surface area contributed by atoms with Crippen LogP contribution in [0.15, 0.2) is 12.1 Å². The number of aryl methyl sites for hydroxylation is 1. The van der Waals surface area contributed by atoms with Crippen LogP contribution in [-0.2, 0) is 11.2 Å². The average molecular weight is 276 g/mol. The van der Waals surface area contributed by atoms with Crippen LogP contribution in [0.3, 0.4) is 0 Å². The lowest BCUT2D eigenvalue weighted by Crippen LogP contribution is -1.93. The summed E-state index contributed by atoms with van der Waals surface area (Å²) in [5.74, 6) is 0.232. The molecule has 0 aromatic carbocycles. The highest BCUT2D eigenvalue weighted by molar-refractivity contribution is 6.32. The highest BCUT2D eigenvalue weighted by Crippen LogP contribution is 2.18. The molecule has 0 aliphatic rings. The van der Waals surface area contributed by atoms with Crippen molar-refractivity contribution in [3.05, 3.63) is 28.0 Å². The molecule has 0 atom stereocenters. The van der Waals surface area contributed by atoms with Gasteiger partial charge >= 0.3 is 0 Å². The number of unbranched alkanes of at least 4 members (excludes halogenated alkanes) is 1. The van der Waals surface area contributed by atoms with E-state index in [2.05, 4.69) is 4.98 Å². The Labute approximate surface area is 113 Å². The monoisotopic (exact) mass is 275 g/mol. The molecular weight excluding hydrogens is 257 g/mol. The molecule has 0 radical (unpaired) electrons. The second-order valence-electron chi connectivity index (χ2n) is 3.49. The third kappa shape index (κ3) is 7.35. The summed E-state index contributed by atoms with van der Waals surface area (Å²) in [5, 5.41) is 0.873. The SMILES string of the molecule is CC.CC(=O)CCCCc1ccc(Cl)nc1Cl. The minimum Gasteiger partial charge on any atom is -0.300 e. The van der Waals surface area contributed by atoms with Crippen molar-refractivity contribution in [3.63, 3.8) is 0 Å². The van der Waals surface area contributed by atoms with Gasteiger partial charge in [0.15, 0.2) is 0 Å². The summed E-state index contributed by atoms with van der Waals surface area (Å²) in [6.45, 7) is 5.61. The molecule has 17 heavy (non-hydrogen) atoms. The minimum absolute atomic E-state index is 0.232.